The van der Waals surface area contributed by atoms with Crippen LogP contribution in [-0.4, -0.2) is 36.7 Å². The average Bonchev–Trinajstić information content (AvgIpc) is 2.43. The number of rotatable bonds is 5. The van der Waals surface area contributed by atoms with E-state index in [-0.39, 0.29) is 6.10 Å². The highest BCUT2D eigenvalue weighted by molar-refractivity contribution is 5.29. The van der Waals surface area contributed by atoms with Gasteiger partial charge in [-0.15, -0.1) is 0 Å². The lowest BCUT2D eigenvalue weighted by Gasteiger charge is -2.36. The van der Waals surface area contributed by atoms with Crippen molar-refractivity contribution in [2.24, 2.45) is 0 Å². The van der Waals surface area contributed by atoms with E-state index < -0.39 is 0 Å². The molecule has 1 aliphatic rings. The molecule has 3 heteroatoms. The van der Waals surface area contributed by atoms with Crippen LogP contribution in [0.25, 0.3) is 0 Å². The maximum absolute atomic E-state index is 5.70. The fraction of sp³-hybridized carbons (Fsp3) is 0.667. The molecule has 1 heterocycles. The summed E-state index contributed by atoms with van der Waals surface area (Å²) < 4.78 is 5.70. The second kappa shape index (κ2) is 7.28. The number of nitrogens with zero attached hydrogens (tertiary/aromatic N) is 1. The summed E-state index contributed by atoms with van der Waals surface area (Å²) in [5, 5.41) is 3.78. The zero-order chi connectivity index (χ0) is 15.4. The van der Waals surface area contributed by atoms with E-state index in [4.69, 9.17) is 4.74 Å². The van der Waals surface area contributed by atoms with Gasteiger partial charge in [0.25, 0.3) is 0 Å². The second-order valence-corrected chi connectivity index (χ2v) is 6.67. The minimum Gasteiger partial charge on any atom is -0.491 e. The molecule has 1 N–H and O–H groups in total. The lowest BCUT2D eigenvalue weighted by atomic mass is 9.97. The molecule has 1 aromatic rings. The van der Waals surface area contributed by atoms with Crippen LogP contribution in [0.3, 0.4) is 0 Å². The first-order valence-electron chi connectivity index (χ1n) is 8.18. The molecule has 1 saturated heterocycles. The maximum Gasteiger partial charge on any atom is 0.119 e. The van der Waals surface area contributed by atoms with E-state index in [2.05, 4.69) is 69.2 Å². The van der Waals surface area contributed by atoms with Crippen LogP contribution in [0.1, 0.15) is 52.1 Å². The molecular weight excluding hydrogens is 260 g/mol. The van der Waals surface area contributed by atoms with Gasteiger partial charge in [0.2, 0.25) is 0 Å². The third-order valence-corrected chi connectivity index (χ3v) is 4.45. The van der Waals surface area contributed by atoms with E-state index >= 15 is 0 Å². The minimum absolute atomic E-state index is 0.229. The van der Waals surface area contributed by atoms with Gasteiger partial charge in [-0.1, -0.05) is 12.1 Å². The summed E-state index contributed by atoms with van der Waals surface area (Å²) in [7, 11) is 2.22. The third kappa shape index (κ3) is 4.72. The fourth-order valence-electron chi connectivity index (χ4n) is 3.00. The Kier molecular flexibility index (Phi) is 5.65. The van der Waals surface area contributed by atoms with E-state index in [0.29, 0.717) is 18.1 Å². The maximum atomic E-state index is 5.70. The lowest BCUT2D eigenvalue weighted by molar-refractivity contribution is 0.163. The van der Waals surface area contributed by atoms with Gasteiger partial charge in [0.15, 0.2) is 0 Å². The number of nitrogens with one attached hydrogen (secondary N) is 1. The molecule has 0 aliphatic carbocycles. The summed E-state index contributed by atoms with van der Waals surface area (Å²) in [4.78, 5) is 2.45. The van der Waals surface area contributed by atoms with E-state index in [9.17, 15) is 0 Å². The topological polar surface area (TPSA) is 24.5 Å². The van der Waals surface area contributed by atoms with E-state index in [1.807, 2.05) is 0 Å². The molecule has 118 valence electrons. The second-order valence-electron chi connectivity index (χ2n) is 6.67. The van der Waals surface area contributed by atoms with Gasteiger partial charge < -0.3 is 15.0 Å². The molecule has 21 heavy (non-hydrogen) atoms. The summed E-state index contributed by atoms with van der Waals surface area (Å²) in [6.45, 7) is 9.86. The van der Waals surface area contributed by atoms with Crippen LogP contribution in [-0.2, 0) is 0 Å². The Morgan fingerprint density at radius 3 is 2.43 bits per heavy atom. The molecule has 0 saturated carbocycles. The molecule has 0 amide bonds. The summed E-state index contributed by atoms with van der Waals surface area (Å²) in [5.74, 6) is 0.953. The van der Waals surface area contributed by atoms with Gasteiger partial charge in [0, 0.05) is 18.1 Å². The van der Waals surface area contributed by atoms with Gasteiger partial charge in [-0.2, -0.15) is 0 Å². The van der Waals surface area contributed by atoms with Crippen LogP contribution < -0.4 is 10.1 Å². The van der Waals surface area contributed by atoms with Gasteiger partial charge in [-0.25, -0.2) is 0 Å². The highest BCUT2D eigenvalue weighted by Crippen LogP contribution is 2.22. The smallest absolute Gasteiger partial charge is 0.119 e. The van der Waals surface area contributed by atoms with Crippen LogP contribution in [0.15, 0.2) is 24.3 Å². The van der Waals surface area contributed by atoms with Gasteiger partial charge >= 0.3 is 0 Å². The molecule has 2 rings (SSSR count). The molecule has 3 nitrogen and oxygen atoms in total. The largest absolute Gasteiger partial charge is 0.491 e. The first kappa shape index (κ1) is 16.3. The van der Waals surface area contributed by atoms with Crippen molar-refractivity contribution in [2.45, 2.75) is 64.8 Å². The van der Waals surface area contributed by atoms with E-state index in [1.54, 1.807) is 0 Å². The summed E-state index contributed by atoms with van der Waals surface area (Å²) in [5.41, 5.74) is 1.33. The third-order valence-electron chi connectivity index (χ3n) is 4.45. The number of benzene rings is 1. The van der Waals surface area contributed by atoms with Crippen molar-refractivity contribution in [3.8, 4) is 5.75 Å². The number of hydrogen-bond donors (Lipinski definition) is 1. The number of hydrogen-bond acceptors (Lipinski definition) is 3. The van der Waals surface area contributed by atoms with Crippen molar-refractivity contribution in [1.82, 2.24) is 10.2 Å². The van der Waals surface area contributed by atoms with Gasteiger partial charge in [0.1, 0.15) is 5.75 Å². The van der Waals surface area contributed by atoms with Gasteiger partial charge in [0.05, 0.1) is 6.10 Å². The molecule has 1 aliphatic heterocycles. The fourth-order valence-corrected chi connectivity index (χ4v) is 3.00. The summed E-state index contributed by atoms with van der Waals surface area (Å²) in [6, 6.07) is 10.2. The first-order chi connectivity index (χ1) is 9.95. The Hall–Kier alpha value is -1.06. The van der Waals surface area contributed by atoms with Gasteiger partial charge in [-0.3, -0.25) is 0 Å². The highest BCUT2D eigenvalue weighted by atomic mass is 16.5. The van der Waals surface area contributed by atoms with Crippen molar-refractivity contribution in [3.05, 3.63) is 29.8 Å². The monoisotopic (exact) mass is 290 g/mol. The van der Waals surface area contributed by atoms with Crippen molar-refractivity contribution < 1.29 is 4.74 Å². The molecule has 0 aromatic heterocycles. The minimum atomic E-state index is 0.229. The Morgan fingerprint density at radius 2 is 1.86 bits per heavy atom. The molecule has 1 fully saturated rings. The van der Waals surface area contributed by atoms with Crippen molar-refractivity contribution in [3.63, 3.8) is 0 Å². The molecule has 1 aromatic carbocycles. The Balaban J connectivity index is 1.89. The zero-order valence-corrected chi connectivity index (χ0v) is 14.1. The van der Waals surface area contributed by atoms with Crippen LogP contribution in [0.4, 0.5) is 0 Å². The predicted molar refractivity (Wildman–Crippen MR) is 88.9 cm³/mol. The lowest BCUT2D eigenvalue weighted by Crippen LogP contribution is -2.46. The Morgan fingerprint density at radius 1 is 1.19 bits per heavy atom. The number of likely N-dealkylation sites (tertiary alicyclic amines) is 1. The van der Waals surface area contributed by atoms with Crippen LogP contribution in [0.2, 0.25) is 0 Å². The van der Waals surface area contributed by atoms with E-state index in [1.165, 1.54) is 24.9 Å². The van der Waals surface area contributed by atoms with Crippen molar-refractivity contribution in [1.29, 1.82) is 0 Å². The van der Waals surface area contributed by atoms with Gasteiger partial charge in [-0.05, 0) is 71.8 Å². The quantitative estimate of drug-likeness (QED) is 0.896. The van der Waals surface area contributed by atoms with E-state index in [0.717, 1.165) is 5.75 Å². The molecule has 0 spiro atoms. The zero-order valence-electron chi connectivity index (χ0n) is 14.1. The SMILES string of the molecule is CC(C)Oc1ccc(C(C)NC2CCN(C)C(C)C2)cc1. The summed E-state index contributed by atoms with van der Waals surface area (Å²) >= 11 is 0. The molecule has 3 atom stereocenters. The Labute approximate surface area is 129 Å². The van der Waals surface area contributed by atoms with Crippen LogP contribution in [0, 0.1) is 0 Å². The van der Waals surface area contributed by atoms with Crippen LogP contribution in [0.5, 0.6) is 5.75 Å². The van der Waals surface area contributed by atoms with Crippen molar-refractivity contribution >= 4 is 0 Å². The first-order valence-corrected chi connectivity index (χ1v) is 8.18. The predicted octanol–water partition coefficient (Wildman–Crippen LogP) is 3.61. The highest BCUT2D eigenvalue weighted by Gasteiger charge is 2.23. The van der Waals surface area contributed by atoms with Crippen molar-refractivity contribution in [2.75, 3.05) is 13.6 Å². The summed E-state index contributed by atoms with van der Waals surface area (Å²) in [6.07, 6.45) is 2.70. The molecule has 0 radical (unpaired) electrons. The number of piperidine rings is 1. The standard InChI is InChI=1S/C18H30N2O/c1-13(2)21-18-8-6-16(7-9-18)15(4)19-17-10-11-20(5)14(3)12-17/h6-9,13-15,17,19H,10-12H2,1-5H3. The molecule has 0 bridgehead atoms. The average molecular weight is 290 g/mol. The number of ether oxygens (including phenoxy) is 1. The normalized spacial score (nSPS) is 25.0. The van der Waals surface area contributed by atoms with Crippen LogP contribution >= 0.6 is 0 Å². The Bertz CT molecular complexity index is 429. The molecule has 3 unspecified atom stereocenters. The molecular formula is C18H30N2O.